The Kier molecular flexibility index (Phi) is 2.05. The smallest absolute Gasteiger partial charge is 0.311 e. The van der Waals surface area contributed by atoms with Crippen LogP contribution in [0.2, 0.25) is 0 Å². The Bertz CT molecular complexity index is 362. The van der Waals surface area contributed by atoms with Gasteiger partial charge in [0, 0.05) is 31.4 Å². The SMILES string of the molecule is NC1CN(c2ncccc2[N+](=O)[O-])C1. The van der Waals surface area contributed by atoms with Gasteiger partial charge in [-0.25, -0.2) is 4.98 Å². The molecule has 0 radical (unpaired) electrons. The van der Waals surface area contributed by atoms with Gasteiger partial charge in [0.25, 0.3) is 0 Å². The van der Waals surface area contributed by atoms with Gasteiger partial charge >= 0.3 is 5.69 Å². The van der Waals surface area contributed by atoms with Crippen molar-refractivity contribution in [2.75, 3.05) is 18.0 Å². The van der Waals surface area contributed by atoms with Gasteiger partial charge < -0.3 is 10.6 Å². The van der Waals surface area contributed by atoms with Crippen molar-refractivity contribution in [3.63, 3.8) is 0 Å². The van der Waals surface area contributed by atoms with Gasteiger partial charge in [-0.3, -0.25) is 10.1 Å². The van der Waals surface area contributed by atoms with Crippen molar-refractivity contribution in [3.8, 4) is 0 Å². The van der Waals surface area contributed by atoms with E-state index in [4.69, 9.17) is 5.73 Å². The van der Waals surface area contributed by atoms with Gasteiger partial charge in [0.15, 0.2) is 0 Å². The summed E-state index contributed by atoms with van der Waals surface area (Å²) in [7, 11) is 0. The maximum absolute atomic E-state index is 10.7. The van der Waals surface area contributed by atoms with Crippen LogP contribution in [0.5, 0.6) is 0 Å². The number of pyridine rings is 1. The first-order valence-corrected chi connectivity index (χ1v) is 4.28. The fourth-order valence-corrected chi connectivity index (χ4v) is 1.46. The zero-order chi connectivity index (χ0) is 10.1. The molecule has 0 unspecified atom stereocenters. The molecule has 0 aliphatic carbocycles. The van der Waals surface area contributed by atoms with Crippen LogP contribution >= 0.6 is 0 Å². The lowest BCUT2D eigenvalue weighted by atomic mass is 10.1. The molecule has 1 aromatic heterocycles. The van der Waals surface area contributed by atoms with Crippen LogP contribution in [0.1, 0.15) is 0 Å². The van der Waals surface area contributed by atoms with Crippen molar-refractivity contribution in [2.24, 2.45) is 5.73 Å². The number of hydrogen-bond donors (Lipinski definition) is 1. The van der Waals surface area contributed by atoms with Gasteiger partial charge in [0.2, 0.25) is 5.82 Å². The molecule has 1 aromatic rings. The summed E-state index contributed by atoms with van der Waals surface area (Å²) in [5.74, 6) is 0.416. The molecular weight excluding hydrogens is 184 g/mol. The minimum Gasteiger partial charge on any atom is -0.348 e. The second-order valence-electron chi connectivity index (χ2n) is 3.27. The van der Waals surface area contributed by atoms with Crippen molar-refractivity contribution in [1.82, 2.24) is 4.98 Å². The Morgan fingerprint density at radius 1 is 1.64 bits per heavy atom. The molecule has 0 saturated carbocycles. The molecule has 0 spiro atoms. The normalized spacial score (nSPS) is 16.5. The topological polar surface area (TPSA) is 85.3 Å². The summed E-state index contributed by atoms with van der Waals surface area (Å²) < 4.78 is 0. The van der Waals surface area contributed by atoms with Crippen LogP contribution in [0.15, 0.2) is 18.3 Å². The highest BCUT2D eigenvalue weighted by atomic mass is 16.6. The van der Waals surface area contributed by atoms with Crippen molar-refractivity contribution in [3.05, 3.63) is 28.4 Å². The third-order valence-corrected chi connectivity index (χ3v) is 2.17. The Morgan fingerprint density at radius 2 is 2.36 bits per heavy atom. The lowest BCUT2D eigenvalue weighted by Gasteiger charge is -2.37. The summed E-state index contributed by atoms with van der Waals surface area (Å²) in [6.07, 6.45) is 1.55. The zero-order valence-corrected chi connectivity index (χ0v) is 7.46. The van der Waals surface area contributed by atoms with Crippen LogP contribution in [0.4, 0.5) is 11.5 Å². The van der Waals surface area contributed by atoms with E-state index >= 15 is 0 Å². The maximum Gasteiger partial charge on any atom is 0.311 e. The van der Waals surface area contributed by atoms with E-state index in [0.29, 0.717) is 18.9 Å². The van der Waals surface area contributed by atoms with Gasteiger partial charge in [-0.1, -0.05) is 0 Å². The summed E-state index contributed by atoms with van der Waals surface area (Å²) in [6.45, 7) is 1.27. The standard InChI is InChI=1S/C8H10N4O2/c9-6-4-11(5-6)8-7(12(13)14)2-1-3-10-8/h1-3,6H,4-5,9H2. The zero-order valence-electron chi connectivity index (χ0n) is 7.46. The van der Waals surface area contributed by atoms with Gasteiger partial charge in [-0.15, -0.1) is 0 Å². The van der Waals surface area contributed by atoms with E-state index in [1.807, 2.05) is 4.90 Å². The third kappa shape index (κ3) is 1.39. The molecule has 1 aliphatic rings. The Balaban J connectivity index is 2.28. The monoisotopic (exact) mass is 194 g/mol. The van der Waals surface area contributed by atoms with Gasteiger partial charge in [0.05, 0.1) is 4.92 Å². The molecule has 0 amide bonds. The lowest BCUT2D eigenvalue weighted by Crippen LogP contribution is -2.56. The Labute approximate surface area is 80.5 Å². The van der Waals surface area contributed by atoms with Gasteiger partial charge in [-0.2, -0.15) is 0 Å². The van der Waals surface area contributed by atoms with E-state index in [-0.39, 0.29) is 11.7 Å². The van der Waals surface area contributed by atoms with E-state index in [1.165, 1.54) is 6.07 Å². The summed E-state index contributed by atoms with van der Waals surface area (Å²) in [5.41, 5.74) is 5.63. The van der Waals surface area contributed by atoms with Crippen molar-refractivity contribution in [2.45, 2.75) is 6.04 Å². The Hall–Kier alpha value is -1.69. The van der Waals surface area contributed by atoms with E-state index in [1.54, 1.807) is 12.3 Å². The van der Waals surface area contributed by atoms with Crippen molar-refractivity contribution < 1.29 is 4.92 Å². The van der Waals surface area contributed by atoms with Crippen molar-refractivity contribution >= 4 is 11.5 Å². The second kappa shape index (κ2) is 3.22. The molecule has 6 heteroatoms. The van der Waals surface area contributed by atoms with E-state index in [9.17, 15) is 10.1 Å². The highest BCUT2D eigenvalue weighted by molar-refractivity contribution is 5.59. The number of aromatic nitrogens is 1. The average molecular weight is 194 g/mol. The fourth-order valence-electron chi connectivity index (χ4n) is 1.46. The highest BCUT2D eigenvalue weighted by Crippen LogP contribution is 2.27. The molecule has 1 saturated heterocycles. The average Bonchev–Trinajstić information content (AvgIpc) is 2.13. The molecule has 74 valence electrons. The lowest BCUT2D eigenvalue weighted by molar-refractivity contribution is -0.384. The third-order valence-electron chi connectivity index (χ3n) is 2.17. The van der Waals surface area contributed by atoms with Crippen LogP contribution in [0.25, 0.3) is 0 Å². The summed E-state index contributed by atoms with van der Waals surface area (Å²) in [6, 6.07) is 3.12. The predicted octanol–water partition coefficient (Wildman–Crippen LogP) is 0.137. The molecular formula is C8H10N4O2. The quantitative estimate of drug-likeness (QED) is 0.534. The van der Waals surface area contributed by atoms with E-state index in [0.717, 1.165) is 0 Å². The minimum atomic E-state index is -0.424. The minimum absolute atomic E-state index is 0.0411. The highest BCUT2D eigenvalue weighted by Gasteiger charge is 2.29. The fraction of sp³-hybridized carbons (Fsp3) is 0.375. The van der Waals surface area contributed by atoms with Gasteiger partial charge in [-0.05, 0) is 6.07 Å². The maximum atomic E-state index is 10.7. The molecule has 1 aliphatic heterocycles. The van der Waals surface area contributed by atoms with Gasteiger partial charge in [0.1, 0.15) is 0 Å². The molecule has 2 N–H and O–H groups in total. The number of nitro groups is 1. The molecule has 0 bridgehead atoms. The first-order chi connectivity index (χ1) is 6.68. The molecule has 14 heavy (non-hydrogen) atoms. The molecule has 2 rings (SSSR count). The van der Waals surface area contributed by atoms with Crippen LogP contribution < -0.4 is 10.6 Å². The number of anilines is 1. The van der Waals surface area contributed by atoms with E-state index in [2.05, 4.69) is 4.98 Å². The number of hydrogen-bond acceptors (Lipinski definition) is 5. The van der Waals surface area contributed by atoms with Crippen LogP contribution in [-0.2, 0) is 0 Å². The van der Waals surface area contributed by atoms with Crippen LogP contribution in [-0.4, -0.2) is 29.0 Å². The summed E-state index contributed by atoms with van der Waals surface area (Å²) >= 11 is 0. The first kappa shape index (κ1) is 8.89. The Morgan fingerprint density at radius 3 is 2.93 bits per heavy atom. The molecule has 6 nitrogen and oxygen atoms in total. The molecule has 2 heterocycles. The van der Waals surface area contributed by atoms with Crippen molar-refractivity contribution in [1.29, 1.82) is 0 Å². The summed E-state index contributed by atoms with van der Waals surface area (Å²) in [5, 5.41) is 10.7. The number of rotatable bonds is 2. The summed E-state index contributed by atoms with van der Waals surface area (Å²) in [4.78, 5) is 16.0. The van der Waals surface area contributed by atoms with E-state index < -0.39 is 4.92 Å². The number of nitrogens with two attached hydrogens (primary N) is 1. The predicted molar refractivity (Wildman–Crippen MR) is 51.1 cm³/mol. The molecule has 0 atom stereocenters. The molecule has 1 fully saturated rings. The second-order valence-corrected chi connectivity index (χ2v) is 3.27. The molecule has 0 aromatic carbocycles. The van der Waals surface area contributed by atoms with Crippen LogP contribution in [0.3, 0.4) is 0 Å². The largest absolute Gasteiger partial charge is 0.348 e. The van der Waals surface area contributed by atoms with Crippen LogP contribution in [0, 0.1) is 10.1 Å². The first-order valence-electron chi connectivity index (χ1n) is 4.28. The number of nitrogens with zero attached hydrogens (tertiary/aromatic N) is 3.